The summed E-state index contributed by atoms with van der Waals surface area (Å²) in [6.07, 6.45) is -2.15. The molecule has 156 valence electrons. The highest BCUT2D eigenvalue weighted by atomic mass is 19.4. The maximum absolute atomic E-state index is 12.7. The quantitative estimate of drug-likeness (QED) is 0.707. The molecule has 1 fully saturated rings. The largest absolute Gasteiger partial charge is 0.463 e. The zero-order valence-corrected chi connectivity index (χ0v) is 15.6. The first-order chi connectivity index (χ1) is 14.3. The van der Waals surface area contributed by atoms with Crippen LogP contribution < -0.4 is 10.5 Å². The lowest BCUT2D eigenvalue weighted by Crippen LogP contribution is -2.49. The van der Waals surface area contributed by atoms with Crippen molar-refractivity contribution in [1.82, 2.24) is 14.9 Å². The molecule has 0 aromatic carbocycles. The lowest BCUT2D eigenvalue weighted by molar-refractivity contribution is -0.137. The van der Waals surface area contributed by atoms with Crippen LogP contribution in [0, 0.1) is 0 Å². The molecular formula is C20H17F3N4O3. The second-order valence-electron chi connectivity index (χ2n) is 6.77. The number of carbonyl (C=O) groups excluding carboxylic acids is 1. The number of pyridine rings is 2. The van der Waals surface area contributed by atoms with Gasteiger partial charge >= 0.3 is 6.18 Å². The number of halogens is 3. The van der Waals surface area contributed by atoms with Gasteiger partial charge in [0.1, 0.15) is 17.1 Å². The highest BCUT2D eigenvalue weighted by molar-refractivity contribution is 5.94. The maximum atomic E-state index is 12.7. The fourth-order valence-electron chi connectivity index (χ4n) is 3.27. The first-order valence-corrected chi connectivity index (χ1v) is 9.17. The fraction of sp³-hybridized carbons (Fsp3) is 0.250. The van der Waals surface area contributed by atoms with Crippen LogP contribution in [0.1, 0.15) is 15.9 Å². The molecule has 0 unspecified atom stereocenters. The molecule has 1 saturated heterocycles. The summed E-state index contributed by atoms with van der Waals surface area (Å²) in [6.45, 7) is 1.43. The van der Waals surface area contributed by atoms with Gasteiger partial charge in [0.15, 0.2) is 0 Å². The van der Waals surface area contributed by atoms with Gasteiger partial charge in [-0.25, -0.2) is 4.98 Å². The van der Waals surface area contributed by atoms with Crippen molar-refractivity contribution in [3.05, 3.63) is 70.3 Å². The van der Waals surface area contributed by atoms with E-state index < -0.39 is 23.2 Å². The number of rotatable bonds is 3. The van der Waals surface area contributed by atoms with Gasteiger partial charge in [0.2, 0.25) is 0 Å². The van der Waals surface area contributed by atoms with Gasteiger partial charge in [0.25, 0.3) is 11.5 Å². The zero-order valence-electron chi connectivity index (χ0n) is 15.6. The molecule has 0 radical (unpaired) electrons. The van der Waals surface area contributed by atoms with Gasteiger partial charge in [0, 0.05) is 32.4 Å². The number of H-pyrrole nitrogens is 1. The van der Waals surface area contributed by atoms with E-state index in [4.69, 9.17) is 4.42 Å². The van der Waals surface area contributed by atoms with E-state index in [9.17, 15) is 22.8 Å². The van der Waals surface area contributed by atoms with Gasteiger partial charge in [0.05, 0.1) is 17.5 Å². The Morgan fingerprint density at radius 1 is 1.07 bits per heavy atom. The predicted octanol–water partition coefficient (Wildman–Crippen LogP) is 3.01. The van der Waals surface area contributed by atoms with Crippen LogP contribution in [0.15, 0.2) is 58.1 Å². The molecule has 1 amide bonds. The Bertz CT molecular complexity index is 1080. The number of nitrogens with zero attached hydrogens (tertiary/aromatic N) is 3. The summed E-state index contributed by atoms with van der Waals surface area (Å²) in [4.78, 5) is 35.0. The fourth-order valence-corrected chi connectivity index (χ4v) is 3.27. The summed E-state index contributed by atoms with van der Waals surface area (Å²) in [5, 5.41) is 0. The molecule has 30 heavy (non-hydrogen) atoms. The Balaban J connectivity index is 1.41. The number of furan rings is 1. The van der Waals surface area contributed by atoms with Gasteiger partial charge in [-0.05, 0) is 36.4 Å². The zero-order chi connectivity index (χ0) is 21.3. The molecule has 3 aromatic rings. The van der Waals surface area contributed by atoms with Crippen molar-refractivity contribution in [3.63, 3.8) is 0 Å². The van der Waals surface area contributed by atoms with Crippen LogP contribution in [0.4, 0.5) is 19.0 Å². The lowest BCUT2D eigenvalue weighted by Gasteiger charge is -2.35. The van der Waals surface area contributed by atoms with E-state index in [-0.39, 0.29) is 5.56 Å². The predicted molar refractivity (Wildman–Crippen MR) is 102 cm³/mol. The van der Waals surface area contributed by atoms with E-state index in [1.807, 2.05) is 0 Å². The number of nitrogens with one attached hydrogen (secondary N) is 1. The number of piperazine rings is 1. The summed E-state index contributed by atoms with van der Waals surface area (Å²) >= 11 is 0. The molecular weight excluding hydrogens is 401 g/mol. The van der Waals surface area contributed by atoms with Gasteiger partial charge in [-0.15, -0.1) is 0 Å². The van der Waals surface area contributed by atoms with E-state index >= 15 is 0 Å². The van der Waals surface area contributed by atoms with Gasteiger partial charge in [-0.3, -0.25) is 9.59 Å². The average molecular weight is 418 g/mol. The van der Waals surface area contributed by atoms with E-state index in [1.54, 1.807) is 23.1 Å². The summed E-state index contributed by atoms with van der Waals surface area (Å²) in [7, 11) is 0. The molecule has 1 aliphatic rings. The number of anilines is 1. The SMILES string of the molecule is O=C(c1ccc(-c2ccco2)[nH]c1=O)N1CCN(c2ccc(C(F)(F)F)cn2)CC1. The topological polar surface area (TPSA) is 82.4 Å². The van der Waals surface area contributed by atoms with E-state index in [2.05, 4.69) is 9.97 Å². The Hall–Kier alpha value is -3.56. The highest BCUT2D eigenvalue weighted by Crippen LogP contribution is 2.29. The van der Waals surface area contributed by atoms with E-state index in [0.717, 1.165) is 12.3 Å². The maximum Gasteiger partial charge on any atom is 0.417 e. The number of amides is 1. The van der Waals surface area contributed by atoms with Crippen LogP contribution in [0.5, 0.6) is 0 Å². The average Bonchev–Trinajstić information content (AvgIpc) is 3.28. The summed E-state index contributed by atoms with van der Waals surface area (Å²) in [5.41, 5.74) is -0.829. The van der Waals surface area contributed by atoms with Crippen molar-refractivity contribution in [2.45, 2.75) is 6.18 Å². The molecule has 0 atom stereocenters. The van der Waals surface area contributed by atoms with Crippen LogP contribution in [-0.2, 0) is 6.18 Å². The van der Waals surface area contributed by atoms with Crippen LogP contribution in [0.3, 0.4) is 0 Å². The first kappa shape index (κ1) is 19.7. The normalized spacial score (nSPS) is 14.8. The summed E-state index contributed by atoms with van der Waals surface area (Å²) < 4.78 is 43.2. The van der Waals surface area contributed by atoms with Crippen molar-refractivity contribution in [3.8, 4) is 11.5 Å². The second-order valence-corrected chi connectivity index (χ2v) is 6.77. The second kappa shape index (κ2) is 7.69. The minimum Gasteiger partial charge on any atom is -0.463 e. The number of hydrogen-bond acceptors (Lipinski definition) is 5. The number of hydrogen-bond donors (Lipinski definition) is 1. The molecule has 0 aliphatic carbocycles. The molecule has 3 aromatic heterocycles. The Labute approximate surface area is 168 Å². The van der Waals surface area contributed by atoms with Crippen molar-refractivity contribution in [2.24, 2.45) is 0 Å². The van der Waals surface area contributed by atoms with Crippen LogP contribution in [0.25, 0.3) is 11.5 Å². The van der Waals surface area contributed by atoms with Crippen LogP contribution in [0.2, 0.25) is 0 Å². The van der Waals surface area contributed by atoms with Gasteiger partial charge < -0.3 is 19.2 Å². The van der Waals surface area contributed by atoms with Crippen molar-refractivity contribution in [1.29, 1.82) is 0 Å². The Morgan fingerprint density at radius 3 is 2.40 bits per heavy atom. The van der Waals surface area contributed by atoms with Crippen molar-refractivity contribution in [2.75, 3.05) is 31.1 Å². The minimum atomic E-state index is -4.43. The Morgan fingerprint density at radius 2 is 1.83 bits per heavy atom. The minimum absolute atomic E-state index is 0.0198. The van der Waals surface area contributed by atoms with Gasteiger partial charge in [-0.2, -0.15) is 13.2 Å². The Kier molecular flexibility index (Phi) is 5.06. The van der Waals surface area contributed by atoms with E-state index in [1.165, 1.54) is 23.3 Å². The third kappa shape index (κ3) is 3.93. The number of carbonyl (C=O) groups is 1. The highest BCUT2D eigenvalue weighted by Gasteiger charge is 2.31. The summed E-state index contributed by atoms with van der Waals surface area (Å²) in [6, 6.07) is 8.76. The summed E-state index contributed by atoms with van der Waals surface area (Å²) in [5.74, 6) is 0.502. The lowest BCUT2D eigenvalue weighted by atomic mass is 10.2. The monoisotopic (exact) mass is 418 g/mol. The number of aromatic nitrogens is 2. The van der Waals surface area contributed by atoms with Gasteiger partial charge in [-0.1, -0.05) is 0 Å². The molecule has 1 aliphatic heterocycles. The third-order valence-electron chi connectivity index (χ3n) is 4.89. The number of aromatic amines is 1. The number of alkyl halides is 3. The molecule has 0 spiro atoms. The molecule has 4 rings (SSSR count). The molecule has 0 bridgehead atoms. The van der Waals surface area contributed by atoms with E-state index in [0.29, 0.717) is 43.5 Å². The van der Waals surface area contributed by atoms with Crippen molar-refractivity contribution >= 4 is 11.7 Å². The third-order valence-corrected chi connectivity index (χ3v) is 4.89. The van der Waals surface area contributed by atoms with Crippen LogP contribution >= 0.6 is 0 Å². The standard InChI is InChI=1S/C20H17F3N4O3/c21-20(22,23)13-3-6-17(24-12-13)26-7-9-27(10-8-26)19(29)14-4-5-15(25-18(14)28)16-2-1-11-30-16/h1-6,11-12H,7-10H2,(H,25,28). The van der Waals surface area contributed by atoms with Crippen LogP contribution in [-0.4, -0.2) is 47.0 Å². The molecule has 10 heteroatoms. The molecule has 1 N–H and O–H groups in total. The first-order valence-electron chi connectivity index (χ1n) is 9.17. The van der Waals surface area contributed by atoms with Crippen molar-refractivity contribution < 1.29 is 22.4 Å². The molecule has 4 heterocycles. The molecule has 7 nitrogen and oxygen atoms in total. The molecule has 0 saturated carbocycles. The smallest absolute Gasteiger partial charge is 0.417 e.